The van der Waals surface area contributed by atoms with E-state index in [1.807, 2.05) is 6.07 Å². The highest BCUT2D eigenvalue weighted by atomic mass is 79.9. The summed E-state index contributed by atoms with van der Waals surface area (Å²) in [6.45, 7) is 6.91. The van der Waals surface area contributed by atoms with Gasteiger partial charge in [-0.15, -0.1) is 0 Å². The molecule has 2 N–H and O–H groups in total. The summed E-state index contributed by atoms with van der Waals surface area (Å²) in [4.78, 5) is 15.2. The molecule has 0 bridgehead atoms. The summed E-state index contributed by atoms with van der Waals surface area (Å²) < 4.78 is 6.07. The molecule has 0 unspecified atom stereocenters. The number of likely N-dealkylation sites (tertiary alicyclic amines) is 1. The Morgan fingerprint density at radius 3 is 2.88 bits per heavy atom. The largest absolute Gasteiger partial charge is 0.507 e. The van der Waals surface area contributed by atoms with E-state index in [-0.39, 0.29) is 17.2 Å². The molecule has 1 aromatic rings. The fourth-order valence-corrected chi connectivity index (χ4v) is 4.12. The van der Waals surface area contributed by atoms with E-state index in [1.54, 1.807) is 0 Å². The van der Waals surface area contributed by atoms with Crippen molar-refractivity contribution >= 4 is 21.8 Å². The van der Waals surface area contributed by atoms with Crippen LogP contribution >= 0.6 is 15.9 Å². The van der Waals surface area contributed by atoms with Crippen LogP contribution in [0.5, 0.6) is 11.5 Å². The van der Waals surface area contributed by atoms with Crippen LogP contribution < -0.4 is 10.1 Å². The van der Waals surface area contributed by atoms with E-state index in [0.717, 1.165) is 44.3 Å². The Morgan fingerprint density at radius 2 is 2.24 bits per heavy atom. The van der Waals surface area contributed by atoms with Crippen LogP contribution in [0.2, 0.25) is 0 Å². The number of amides is 1. The number of likely N-dealkylation sites (N-methyl/N-ethyl adjacent to an activating group) is 1. The summed E-state index contributed by atoms with van der Waals surface area (Å²) in [5, 5.41) is 13.6. The minimum Gasteiger partial charge on any atom is -0.507 e. The summed E-state index contributed by atoms with van der Waals surface area (Å²) in [7, 11) is 1.51. The lowest BCUT2D eigenvalue weighted by atomic mass is 10.0. The fraction of sp³-hybridized carbons (Fsp3) is 0.632. The SMILES string of the molecule is CCCCc1cc(Br)c(OC)c(C(=O)NC[C@@H]2CCCN2CC)c1O. The van der Waals surface area contributed by atoms with Gasteiger partial charge in [0.05, 0.1) is 11.6 Å². The third-order valence-corrected chi connectivity index (χ3v) is 5.51. The maximum absolute atomic E-state index is 12.8. The summed E-state index contributed by atoms with van der Waals surface area (Å²) >= 11 is 3.47. The molecule has 1 saturated heterocycles. The van der Waals surface area contributed by atoms with Crippen LogP contribution in [-0.4, -0.2) is 48.7 Å². The van der Waals surface area contributed by atoms with Gasteiger partial charge in [-0.1, -0.05) is 20.3 Å². The second-order valence-electron chi connectivity index (χ2n) is 6.51. The average Bonchev–Trinajstić information content (AvgIpc) is 3.07. The van der Waals surface area contributed by atoms with Crippen molar-refractivity contribution < 1.29 is 14.6 Å². The molecule has 0 spiro atoms. The molecule has 0 radical (unpaired) electrons. The Kier molecular flexibility index (Phi) is 7.56. The first-order chi connectivity index (χ1) is 12.0. The molecule has 1 fully saturated rings. The van der Waals surface area contributed by atoms with E-state index >= 15 is 0 Å². The molecule has 1 heterocycles. The predicted molar refractivity (Wildman–Crippen MR) is 104 cm³/mol. The van der Waals surface area contributed by atoms with E-state index in [9.17, 15) is 9.90 Å². The number of phenolic OH excluding ortho intramolecular Hbond substituents is 1. The summed E-state index contributed by atoms with van der Waals surface area (Å²) in [5.74, 6) is 0.134. The van der Waals surface area contributed by atoms with Crippen LogP contribution in [0.25, 0.3) is 0 Å². The van der Waals surface area contributed by atoms with Gasteiger partial charge in [0.1, 0.15) is 17.1 Å². The lowest BCUT2D eigenvalue weighted by Crippen LogP contribution is -2.40. The normalized spacial score (nSPS) is 17.7. The number of aromatic hydroxyl groups is 1. The molecule has 1 amide bonds. The first-order valence-electron chi connectivity index (χ1n) is 9.13. The number of hydrogen-bond acceptors (Lipinski definition) is 4. The number of nitrogens with one attached hydrogen (secondary N) is 1. The molecular weight excluding hydrogens is 384 g/mol. The first-order valence-corrected chi connectivity index (χ1v) is 9.93. The maximum Gasteiger partial charge on any atom is 0.258 e. The van der Waals surface area contributed by atoms with Crippen LogP contribution in [0.4, 0.5) is 0 Å². The fourth-order valence-electron chi connectivity index (χ4n) is 3.48. The van der Waals surface area contributed by atoms with Gasteiger partial charge in [-0.3, -0.25) is 9.69 Å². The smallest absolute Gasteiger partial charge is 0.258 e. The molecule has 2 rings (SSSR count). The molecule has 0 saturated carbocycles. The van der Waals surface area contributed by atoms with Gasteiger partial charge in [0.2, 0.25) is 0 Å². The van der Waals surface area contributed by atoms with Gasteiger partial charge in [0, 0.05) is 12.6 Å². The second-order valence-corrected chi connectivity index (χ2v) is 7.37. The highest BCUT2D eigenvalue weighted by molar-refractivity contribution is 9.10. The molecule has 1 atom stereocenters. The number of aryl methyl sites for hydroxylation is 1. The van der Waals surface area contributed by atoms with Gasteiger partial charge in [0.25, 0.3) is 5.91 Å². The van der Waals surface area contributed by atoms with Crippen LogP contribution in [0.15, 0.2) is 10.5 Å². The number of nitrogens with zero attached hydrogens (tertiary/aromatic N) is 1. The Labute approximate surface area is 158 Å². The van der Waals surface area contributed by atoms with Crippen molar-refractivity contribution in [3.8, 4) is 11.5 Å². The number of ether oxygens (including phenoxy) is 1. The molecule has 1 aliphatic heterocycles. The molecule has 0 aliphatic carbocycles. The number of halogens is 1. The third kappa shape index (κ3) is 4.67. The van der Waals surface area contributed by atoms with Crippen LogP contribution in [0, 0.1) is 0 Å². The number of carbonyl (C=O) groups excluding carboxylic acids is 1. The van der Waals surface area contributed by atoms with Crippen LogP contribution in [0.1, 0.15) is 55.5 Å². The standard InChI is InChI=1S/C19H29BrN2O3/c1-4-6-8-13-11-15(20)18(25-3)16(17(13)23)19(24)21-12-14-9-7-10-22(14)5-2/h11,14,23H,4-10,12H2,1-3H3,(H,21,24)/t14-/m0/s1. The third-order valence-electron chi connectivity index (χ3n) is 4.92. The summed E-state index contributed by atoms with van der Waals surface area (Å²) in [6.07, 6.45) is 4.98. The lowest BCUT2D eigenvalue weighted by molar-refractivity contribution is 0.0935. The zero-order chi connectivity index (χ0) is 18.4. The van der Waals surface area contributed by atoms with Crippen molar-refractivity contribution in [3.63, 3.8) is 0 Å². The van der Waals surface area contributed by atoms with Crippen molar-refractivity contribution in [2.45, 2.75) is 52.0 Å². The van der Waals surface area contributed by atoms with E-state index in [2.05, 4.69) is 40.0 Å². The molecule has 140 valence electrons. The molecular formula is C19H29BrN2O3. The number of carbonyl (C=O) groups is 1. The van der Waals surface area contributed by atoms with Crippen molar-refractivity contribution in [1.82, 2.24) is 10.2 Å². The van der Waals surface area contributed by atoms with Gasteiger partial charge in [-0.05, 0) is 66.3 Å². The monoisotopic (exact) mass is 412 g/mol. The zero-order valence-electron chi connectivity index (χ0n) is 15.4. The Bertz CT molecular complexity index is 607. The Hall–Kier alpha value is -1.27. The van der Waals surface area contributed by atoms with Crippen molar-refractivity contribution in [3.05, 3.63) is 21.7 Å². The molecule has 1 aliphatic rings. The minimum absolute atomic E-state index is 0.0322. The average molecular weight is 413 g/mol. The van der Waals surface area contributed by atoms with Crippen molar-refractivity contribution in [1.29, 1.82) is 0 Å². The van der Waals surface area contributed by atoms with Crippen molar-refractivity contribution in [2.75, 3.05) is 26.7 Å². The summed E-state index contributed by atoms with van der Waals surface area (Å²) in [5.41, 5.74) is 1.000. The Balaban J connectivity index is 2.20. The highest BCUT2D eigenvalue weighted by Gasteiger charge is 2.26. The van der Waals surface area contributed by atoms with Gasteiger partial charge in [0.15, 0.2) is 0 Å². The molecule has 1 aromatic carbocycles. The number of unbranched alkanes of at least 4 members (excludes halogenated alkanes) is 1. The van der Waals surface area contributed by atoms with Gasteiger partial charge < -0.3 is 15.2 Å². The molecule has 0 aromatic heterocycles. The van der Waals surface area contributed by atoms with Crippen molar-refractivity contribution in [2.24, 2.45) is 0 Å². The van der Waals surface area contributed by atoms with Gasteiger partial charge in [-0.2, -0.15) is 0 Å². The minimum atomic E-state index is -0.281. The quantitative estimate of drug-likeness (QED) is 0.682. The van der Waals surface area contributed by atoms with Crippen LogP contribution in [-0.2, 0) is 6.42 Å². The van der Waals surface area contributed by atoms with E-state index in [0.29, 0.717) is 22.8 Å². The number of phenols is 1. The van der Waals surface area contributed by atoms with E-state index < -0.39 is 0 Å². The van der Waals surface area contributed by atoms with Gasteiger partial charge >= 0.3 is 0 Å². The number of methoxy groups -OCH3 is 1. The predicted octanol–water partition coefficient (Wildman–Crippen LogP) is 3.72. The molecule has 25 heavy (non-hydrogen) atoms. The number of benzene rings is 1. The zero-order valence-corrected chi connectivity index (χ0v) is 17.0. The lowest BCUT2D eigenvalue weighted by Gasteiger charge is -2.23. The van der Waals surface area contributed by atoms with E-state index in [1.165, 1.54) is 13.5 Å². The van der Waals surface area contributed by atoms with Gasteiger partial charge in [-0.25, -0.2) is 0 Å². The topological polar surface area (TPSA) is 61.8 Å². The molecule has 6 heteroatoms. The molecule has 5 nitrogen and oxygen atoms in total. The number of hydrogen-bond donors (Lipinski definition) is 2. The summed E-state index contributed by atoms with van der Waals surface area (Å²) in [6, 6.07) is 2.21. The van der Waals surface area contributed by atoms with E-state index in [4.69, 9.17) is 4.74 Å². The van der Waals surface area contributed by atoms with Crippen LogP contribution in [0.3, 0.4) is 0 Å². The number of rotatable bonds is 8. The first kappa shape index (κ1) is 20.0. The Morgan fingerprint density at radius 1 is 1.48 bits per heavy atom. The highest BCUT2D eigenvalue weighted by Crippen LogP contribution is 2.38. The second kappa shape index (κ2) is 9.43. The maximum atomic E-state index is 12.8.